The first-order valence-electron chi connectivity index (χ1n) is 6.50. The van der Waals surface area contributed by atoms with Crippen LogP contribution < -0.4 is 5.32 Å². The Balaban J connectivity index is 1.64. The van der Waals surface area contributed by atoms with Crippen molar-refractivity contribution in [3.8, 4) is 11.1 Å². The van der Waals surface area contributed by atoms with Crippen LogP contribution in [0.25, 0.3) is 11.1 Å². The summed E-state index contributed by atoms with van der Waals surface area (Å²) in [4.78, 5) is 13.3. The maximum atomic E-state index is 11.5. The van der Waals surface area contributed by atoms with Gasteiger partial charge in [0.2, 0.25) is 0 Å². The third-order valence-electron chi connectivity index (χ3n) is 3.24. The highest BCUT2D eigenvalue weighted by Crippen LogP contribution is 2.19. The zero-order chi connectivity index (χ0) is 13.1. The van der Waals surface area contributed by atoms with E-state index in [4.69, 9.17) is 0 Å². The van der Waals surface area contributed by atoms with Crippen molar-refractivity contribution in [3.63, 3.8) is 0 Å². The fraction of sp³-hybridized carbons (Fsp3) is 0.188. The maximum absolute atomic E-state index is 11.5. The standard InChI is InChI=1S/C16H16N2O/c19-16(18-10-11-18)17-12-13-6-8-15(9-7-13)14-4-2-1-3-5-14/h1-9H,10-12H2,(H,17,19). The second-order valence-corrected chi connectivity index (χ2v) is 4.71. The molecular formula is C16H16N2O. The van der Waals surface area contributed by atoms with Gasteiger partial charge in [-0.25, -0.2) is 4.79 Å². The average molecular weight is 252 g/mol. The van der Waals surface area contributed by atoms with E-state index in [1.807, 2.05) is 18.2 Å². The summed E-state index contributed by atoms with van der Waals surface area (Å²) < 4.78 is 0. The van der Waals surface area contributed by atoms with E-state index in [1.54, 1.807) is 4.90 Å². The minimum atomic E-state index is 0.0344. The molecule has 0 atom stereocenters. The van der Waals surface area contributed by atoms with Gasteiger partial charge in [-0.05, 0) is 16.7 Å². The maximum Gasteiger partial charge on any atom is 0.317 e. The van der Waals surface area contributed by atoms with E-state index in [9.17, 15) is 4.79 Å². The monoisotopic (exact) mass is 252 g/mol. The molecular weight excluding hydrogens is 236 g/mol. The van der Waals surface area contributed by atoms with E-state index >= 15 is 0 Å². The summed E-state index contributed by atoms with van der Waals surface area (Å²) in [5, 5.41) is 2.91. The van der Waals surface area contributed by atoms with Crippen molar-refractivity contribution in [2.75, 3.05) is 13.1 Å². The fourth-order valence-corrected chi connectivity index (χ4v) is 1.99. The van der Waals surface area contributed by atoms with E-state index in [1.165, 1.54) is 11.1 Å². The van der Waals surface area contributed by atoms with Gasteiger partial charge in [0, 0.05) is 19.6 Å². The topological polar surface area (TPSA) is 32.1 Å². The highest BCUT2D eigenvalue weighted by Gasteiger charge is 2.23. The number of carbonyl (C=O) groups is 1. The molecule has 0 aromatic heterocycles. The second-order valence-electron chi connectivity index (χ2n) is 4.71. The van der Waals surface area contributed by atoms with Gasteiger partial charge in [-0.2, -0.15) is 0 Å². The summed E-state index contributed by atoms with van der Waals surface area (Å²) in [7, 11) is 0. The predicted octanol–water partition coefficient (Wildman–Crippen LogP) is 2.88. The Morgan fingerprint density at radius 3 is 2.21 bits per heavy atom. The van der Waals surface area contributed by atoms with Gasteiger partial charge in [0.15, 0.2) is 0 Å². The van der Waals surface area contributed by atoms with Crippen LogP contribution in [0.4, 0.5) is 4.79 Å². The van der Waals surface area contributed by atoms with Gasteiger partial charge >= 0.3 is 6.03 Å². The Bertz CT molecular complexity index is 559. The van der Waals surface area contributed by atoms with Crippen molar-refractivity contribution in [1.82, 2.24) is 10.2 Å². The van der Waals surface area contributed by atoms with E-state index in [-0.39, 0.29) is 6.03 Å². The van der Waals surface area contributed by atoms with Crippen LogP contribution in [0.2, 0.25) is 0 Å². The van der Waals surface area contributed by atoms with Crippen LogP contribution in [0, 0.1) is 0 Å². The Morgan fingerprint density at radius 2 is 1.58 bits per heavy atom. The van der Waals surface area contributed by atoms with Gasteiger partial charge in [0.1, 0.15) is 0 Å². The molecule has 1 aliphatic rings. The number of nitrogens with zero attached hydrogens (tertiary/aromatic N) is 1. The van der Waals surface area contributed by atoms with Gasteiger partial charge in [-0.3, -0.25) is 0 Å². The number of amides is 2. The molecule has 19 heavy (non-hydrogen) atoms. The number of hydrogen-bond acceptors (Lipinski definition) is 1. The molecule has 1 heterocycles. The quantitative estimate of drug-likeness (QED) is 0.837. The van der Waals surface area contributed by atoms with E-state index in [0.717, 1.165) is 18.7 Å². The number of carbonyl (C=O) groups excluding carboxylic acids is 1. The zero-order valence-electron chi connectivity index (χ0n) is 10.7. The van der Waals surface area contributed by atoms with Crippen LogP contribution in [0.5, 0.6) is 0 Å². The van der Waals surface area contributed by atoms with Crippen LogP contribution in [0.3, 0.4) is 0 Å². The van der Waals surface area contributed by atoms with E-state index < -0.39 is 0 Å². The highest BCUT2D eigenvalue weighted by atomic mass is 16.2. The summed E-state index contributed by atoms with van der Waals surface area (Å²) in [5.41, 5.74) is 3.53. The van der Waals surface area contributed by atoms with Crippen molar-refractivity contribution in [2.24, 2.45) is 0 Å². The van der Waals surface area contributed by atoms with Crippen LogP contribution in [0.1, 0.15) is 5.56 Å². The average Bonchev–Trinajstić information content (AvgIpc) is 3.31. The van der Waals surface area contributed by atoms with Crippen molar-refractivity contribution >= 4 is 6.03 Å². The molecule has 2 aromatic rings. The fourth-order valence-electron chi connectivity index (χ4n) is 1.99. The molecule has 0 aliphatic carbocycles. The molecule has 3 rings (SSSR count). The van der Waals surface area contributed by atoms with Gasteiger partial charge < -0.3 is 10.2 Å². The molecule has 2 amide bonds. The number of benzene rings is 2. The lowest BCUT2D eigenvalue weighted by Gasteiger charge is -2.07. The Hall–Kier alpha value is -2.29. The van der Waals surface area contributed by atoms with Gasteiger partial charge in [0.05, 0.1) is 0 Å². The van der Waals surface area contributed by atoms with Crippen LogP contribution in [0.15, 0.2) is 54.6 Å². The first-order valence-corrected chi connectivity index (χ1v) is 6.50. The van der Waals surface area contributed by atoms with Gasteiger partial charge in [0.25, 0.3) is 0 Å². The van der Waals surface area contributed by atoms with Crippen molar-refractivity contribution in [1.29, 1.82) is 0 Å². The minimum Gasteiger partial charge on any atom is -0.334 e. The molecule has 0 bridgehead atoms. The molecule has 96 valence electrons. The lowest BCUT2D eigenvalue weighted by atomic mass is 10.0. The summed E-state index contributed by atoms with van der Waals surface area (Å²) in [6, 6.07) is 18.6. The zero-order valence-corrected chi connectivity index (χ0v) is 10.7. The van der Waals surface area contributed by atoms with Crippen LogP contribution in [-0.4, -0.2) is 24.0 Å². The van der Waals surface area contributed by atoms with Crippen LogP contribution in [-0.2, 0) is 6.54 Å². The minimum absolute atomic E-state index is 0.0344. The first kappa shape index (κ1) is 11.8. The summed E-state index contributed by atoms with van der Waals surface area (Å²) in [6.45, 7) is 2.36. The van der Waals surface area contributed by atoms with Crippen LogP contribution >= 0.6 is 0 Å². The summed E-state index contributed by atoms with van der Waals surface area (Å²) in [5.74, 6) is 0. The summed E-state index contributed by atoms with van der Waals surface area (Å²) >= 11 is 0. The molecule has 0 saturated carbocycles. The van der Waals surface area contributed by atoms with E-state index in [2.05, 4.69) is 41.7 Å². The number of hydrogen-bond donors (Lipinski definition) is 1. The van der Waals surface area contributed by atoms with E-state index in [0.29, 0.717) is 6.54 Å². The third-order valence-corrected chi connectivity index (χ3v) is 3.24. The van der Waals surface area contributed by atoms with Crippen molar-refractivity contribution in [3.05, 3.63) is 60.2 Å². The Labute approximate surface area is 112 Å². The lowest BCUT2D eigenvalue weighted by molar-refractivity contribution is 0.229. The van der Waals surface area contributed by atoms with Gasteiger partial charge in [-0.1, -0.05) is 54.6 Å². The molecule has 0 radical (unpaired) electrons. The summed E-state index contributed by atoms with van der Waals surface area (Å²) in [6.07, 6.45) is 0. The SMILES string of the molecule is O=C(NCc1ccc(-c2ccccc2)cc1)N1CC1. The largest absolute Gasteiger partial charge is 0.334 e. The number of urea groups is 1. The molecule has 1 saturated heterocycles. The molecule has 0 spiro atoms. The molecule has 1 fully saturated rings. The number of rotatable bonds is 3. The Morgan fingerprint density at radius 1 is 0.947 bits per heavy atom. The normalized spacial score (nSPS) is 13.2. The molecule has 3 nitrogen and oxygen atoms in total. The molecule has 0 unspecified atom stereocenters. The van der Waals surface area contributed by atoms with Crippen molar-refractivity contribution in [2.45, 2.75) is 6.54 Å². The lowest BCUT2D eigenvalue weighted by Crippen LogP contribution is -2.27. The van der Waals surface area contributed by atoms with Crippen molar-refractivity contribution < 1.29 is 4.79 Å². The second kappa shape index (κ2) is 5.14. The Kier molecular flexibility index (Phi) is 3.19. The predicted molar refractivity (Wildman–Crippen MR) is 75.7 cm³/mol. The highest BCUT2D eigenvalue weighted by molar-refractivity contribution is 5.76. The molecule has 3 heteroatoms. The number of nitrogens with one attached hydrogen (secondary N) is 1. The third kappa shape index (κ3) is 2.94. The molecule has 2 aromatic carbocycles. The van der Waals surface area contributed by atoms with Gasteiger partial charge in [-0.15, -0.1) is 0 Å². The molecule has 1 N–H and O–H groups in total. The first-order chi connectivity index (χ1) is 9.33. The smallest absolute Gasteiger partial charge is 0.317 e. The molecule has 1 aliphatic heterocycles.